The first-order valence-corrected chi connectivity index (χ1v) is 11.6. The fourth-order valence-electron chi connectivity index (χ4n) is 4.17. The van der Waals surface area contributed by atoms with Gasteiger partial charge in [0.1, 0.15) is 10.6 Å². The van der Waals surface area contributed by atoms with Gasteiger partial charge in [0.25, 0.3) is 5.91 Å². The molecule has 0 radical (unpaired) electrons. The van der Waals surface area contributed by atoms with Gasteiger partial charge in [0.15, 0.2) is 0 Å². The van der Waals surface area contributed by atoms with E-state index >= 15 is 0 Å². The standard InChI is InChI=1S/C22H26N4O4S/c1-14-10-17(27)13-26(14)31(29,30)21-11-20(25(3)15(21)2)22(28)24-12-16-6-4-8-19-18(16)7-5-9-23-19/h4-9,11,14,17,27H,10,12-13H2,1-3H3,(H,24,28)/t14-,17+/m1/s1. The van der Waals surface area contributed by atoms with Crippen molar-refractivity contribution in [3.63, 3.8) is 0 Å². The van der Waals surface area contributed by atoms with E-state index in [1.807, 2.05) is 30.3 Å². The van der Waals surface area contributed by atoms with Crippen LogP contribution in [0, 0.1) is 6.92 Å². The second kappa shape index (κ2) is 8.07. The highest BCUT2D eigenvalue weighted by Gasteiger charge is 2.39. The van der Waals surface area contributed by atoms with Crippen LogP contribution in [0.15, 0.2) is 47.5 Å². The topological polar surface area (TPSA) is 105 Å². The minimum absolute atomic E-state index is 0.0640. The maximum absolute atomic E-state index is 13.2. The van der Waals surface area contributed by atoms with E-state index in [1.165, 1.54) is 10.4 Å². The van der Waals surface area contributed by atoms with Crippen molar-refractivity contribution in [2.24, 2.45) is 7.05 Å². The van der Waals surface area contributed by atoms with Crippen molar-refractivity contribution in [2.45, 2.75) is 43.9 Å². The van der Waals surface area contributed by atoms with Crippen molar-refractivity contribution in [2.75, 3.05) is 6.54 Å². The number of sulfonamides is 1. The fraction of sp³-hybridized carbons (Fsp3) is 0.364. The molecular weight excluding hydrogens is 416 g/mol. The molecule has 2 atom stereocenters. The van der Waals surface area contributed by atoms with Crippen LogP contribution in [-0.4, -0.2) is 52.0 Å². The van der Waals surface area contributed by atoms with Gasteiger partial charge in [-0.3, -0.25) is 9.78 Å². The Morgan fingerprint density at radius 2 is 2.06 bits per heavy atom. The summed E-state index contributed by atoms with van der Waals surface area (Å²) in [4.78, 5) is 17.3. The summed E-state index contributed by atoms with van der Waals surface area (Å²) in [6.07, 6.45) is 1.45. The molecule has 2 aromatic heterocycles. The van der Waals surface area contributed by atoms with Crippen molar-refractivity contribution in [3.8, 4) is 0 Å². The average Bonchev–Trinajstić information content (AvgIpc) is 3.25. The molecule has 31 heavy (non-hydrogen) atoms. The van der Waals surface area contributed by atoms with E-state index in [0.717, 1.165) is 16.5 Å². The number of aliphatic hydroxyl groups is 1. The lowest BCUT2D eigenvalue weighted by molar-refractivity contribution is 0.0942. The number of amides is 1. The summed E-state index contributed by atoms with van der Waals surface area (Å²) < 4.78 is 29.3. The quantitative estimate of drug-likeness (QED) is 0.629. The molecule has 1 saturated heterocycles. The van der Waals surface area contributed by atoms with Crippen molar-refractivity contribution < 1.29 is 18.3 Å². The number of carbonyl (C=O) groups excluding carboxylic acids is 1. The maximum atomic E-state index is 13.2. The van der Waals surface area contributed by atoms with Crippen molar-refractivity contribution in [3.05, 3.63) is 59.5 Å². The predicted molar refractivity (Wildman–Crippen MR) is 117 cm³/mol. The zero-order valence-corrected chi connectivity index (χ0v) is 18.6. The van der Waals surface area contributed by atoms with E-state index in [2.05, 4.69) is 10.3 Å². The lowest BCUT2D eigenvalue weighted by Gasteiger charge is -2.20. The number of aromatic nitrogens is 2. The number of nitrogens with zero attached hydrogens (tertiary/aromatic N) is 3. The van der Waals surface area contributed by atoms with Crippen LogP contribution in [0.4, 0.5) is 0 Å². The van der Waals surface area contributed by atoms with Gasteiger partial charge in [0, 0.05) is 43.5 Å². The van der Waals surface area contributed by atoms with Gasteiger partial charge >= 0.3 is 0 Å². The average molecular weight is 443 g/mol. The monoisotopic (exact) mass is 442 g/mol. The third kappa shape index (κ3) is 3.84. The molecule has 1 aliphatic heterocycles. The number of rotatable bonds is 5. The van der Waals surface area contributed by atoms with Crippen LogP contribution in [0.3, 0.4) is 0 Å². The Hall–Kier alpha value is -2.75. The lowest BCUT2D eigenvalue weighted by Crippen LogP contribution is -2.34. The Balaban J connectivity index is 1.58. The van der Waals surface area contributed by atoms with Crippen molar-refractivity contribution >= 4 is 26.8 Å². The Bertz CT molecular complexity index is 1250. The molecule has 9 heteroatoms. The number of hydrogen-bond donors (Lipinski definition) is 2. The van der Waals surface area contributed by atoms with E-state index < -0.39 is 16.1 Å². The summed E-state index contributed by atoms with van der Waals surface area (Å²) in [6.45, 7) is 3.81. The molecule has 8 nitrogen and oxygen atoms in total. The summed E-state index contributed by atoms with van der Waals surface area (Å²) in [5.74, 6) is -0.359. The Morgan fingerprint density at radius 1 is 1.29 bits per heavy atom. The first kappa shape index (κ1) is 21.5. The van der Waals surface area contributed by atoms with Gasteiger partial charge in [0.05, 0.1) is 11.6 Å². The van der Waals surface area contributed by atoms with E-state index in [9.17, 15) is 18.3 Å². The summed E-state index contributed by atoms with van der Waals surface area (Å²) in [6, 6.07) is 10.7. The number of carbonyl (C=O) groups is 1. The van der Waals surface area contributed by atoms with Crippen LogP contribution in [0.1, 0.15) is 35.1 Å². The largest absolute Gasteiger partial charge is 0.392 e. The third-order valence-corrected chi connectivity index (χ3v) is 8.07. The van der Waals surface area contributed by atoms with Gasteiger partial charge in [-0.1, -0.05) is 18.2 Å². The first-order valence-electron chi connectivity index (χ1n) is 10.2. The summed E-state index contributed by atoms with van der Waals surface area (Å²) in [7, 11) is -2.14. The molecule has 1 aromatic carbocycles. The Labute approximate surface area is 181 Å². The lowest BCUT2D eigenvalue weighted by atomic mass is 10.1. The van der Waals surface area contributed by atoms with Crippen LogP contribution in [0.2, 0.25) is 0 Å². The SMILES string of the molecule is Cc1c(S(=O)(=O)N2C[C@@H](O)C[C@H]2C)cc(C(=O)NCc2cccc3ncccc23)n1C. The van der Waals surface area contributed by atoms with Crippen LogP contribution in [0.25, 0.3) is 10.9 Å². The molecule has 164 valence electrons. The number of benzene rings is 1. The smallest absolute Gasteiger partial charge is 0.268 e. The highest BCUT2D eigenvalue weighted by Crippen LogP contribution is 2.29. The zero-order chi connectivity index (χ0) is 22.3. The molecule has 2 N–H and O–H groups in total. The zero-order valence-electron chi connectivity index (χ0n) is 17.7. The summed E-state index contributed by atoms with van der Waals surface area (Å²) >= 11 is 0. The number of nitrogens with one attached hydrogen (secondary N) is 1. The van der Waals surface area contributed by atoms with E-state index in [-0.39, 0.29) is 29.1 Å². The Kier molecular flexibility index (Phi) is 5.59. The number of β-amino-alcohol motifs (C(OH)–C–C–N with tert-alkyl or cyclic N) is 1. The highest BCUT2D eigenvalue weighted by molar-refractivity contribution is 7.89. The highest BCUT2D eigenvalue weighted by atomic mass is 32.2. The molecule has 3 aromatic rings. The molecular formula is C22H26N4O4S. The summed E-state index contributed by atoms with van der Waals surface area (Å²) in [5, 5.41) is 13.7. The molecule has 0 unspecified atom stereocenters. The van der Waals surface area contributed by atoms with E-state index in [0.29, 0.717) is 18.7 Å². The van der Waals surface area contributed by atoms with Crippen LogP contribution in [-0.2, 0) is 23.6 Å². The number of hydrogen-bond acceptors (Lipinski definition) is 5. The second-order valence-electron chi connectivity index (χ2n) is 8.02. The normalized spacial score (nSPS) is 19.7. The van der Waals surface area contributed by atoms with Gasteiger partial charge < -0.3 is 15.0 Å². The van der Waals surface area contributed by atoms with Gasteiger partial charge in [-0.05, 0) is 44.0 Å². The molecule has 3 heterocycles. The second-order valence-corrected chi connectivity index (χ2v) is 9.88. The molecule has 0 spiro atoms. The third-order valence-electron chi connectivity index (χ3n) is 5.98. The molecule has 1 aliphatic rings. The Morgan fingerprint density at radius 3 is 2.77 bits per heavy atom. The van der Waals surface area contributed by atoms with Crippen molar-refractivity contribution in [1.82, 2.24) is 19.2 Å². The fourth-order valence-corrected chi connectivity index (χ4v) is 6.12. The molecule has 1 amide bonds. The minimum Gasteiger partial charge on any atom is -0.392 e. The van der Waals surface area contributed by atoms with E-state index in [1.54, 1.807) is 31.7 Å². The first-order chi connectivity index (χ1) is 14.7. The number of fused-ring (bicyclic) bond motifs is 1. The van der Waals surface area contributed by atoms with Gasteiger partial charge in [-0.15, -0.1) is 0 Å². The molecule has 0 aliphatic carbocycles. The number of aliphatic hydroxyl groups excluding tert-OH is 1. The van der Waals surface area contributed by atoms with Gasteiger partial charge in [-0.25, -0.2) is 8.42 Å². The van der Waals surface area contributed by atoms with Crippen LogP contribution in [0.5, 0.6) is 0 Å². The minimum atomic E-state index is -3.82. The molecule has 0 saturated carbocycles. The van der Waals surface area contributed by atoms with Crippen molar-refractivity contribution in [1.29, 1.82) is 0 Å². The molecule has 1 fully saturated rings. The number of pyridine rings is 1. The molecule has 0 bridgehead atoms. The molecule has 4 rings (SSSR count). The van der Waals surface area contributed by atoms with Gasteiger partial charge in [-0.2, -0.15) is 4.31 Å². The van der Waals surface area contributed by atoms with Crippen LogP contribution < -0.4 is 5.32 Å². The maximum Gasteiger partial charge on any atom is 0.268 e. The summed E-state index contributed by atoms with van der Waals surface area (Å²) in [5.41, 5.74) is 2.52. The van der Waals surface area contributed by atoms with E-state index in [4.69, 9.17) is 0 Å². The predicted octanol–water partition coefficient (Wildman–Crippen LogP) is 1.96. The van der Waals surface area contributed by atoms with Gasteiger partial charge in [0.2, 0.25) is 10.0 Å². The van der Waals surface area contributed by atoms with Crippen LogP contribution >= 0.6 is 0 Å².